The van der Waals surface area contributed by atoms with Crippen LogP contribution in [0.25, 0.3) is 0 Å². The Hall–Kier alpha value is -1.46. The number of carbonyl (C=O) groups excluding carboxylic acids is 1. The van der Waals surface area contributed by atoms with Gasteiger partial charge in [-0.05, 0) is 17.7 Å². The largest absolute Gasteiger partial charge is 0.506 e. The van der Waals surface area contributed by atoms with Gasteiger partial charge in [-0.3, -0.25) is 0 Å². The van der Waals surface area contributed by atoms with E-state index in [0.717, 1.165) is 25.2 Å². The Morgan fingerprint density at radius 2 is 2.33 bits per heavy atom. The van der Waals surface area contributed by atoms with E-state index in [2.05, 4.69) is 10.6 Å². The first kappa shape index (κ1) is 13.0. The number of hydrogen-bond donors (Lipinski definition) is 3. The number of benzene rings is 1. The summed E-state index contributed by atoms with van der Waals surface area (Å²) in [5.41, 5.74) is 1.00. The predicted octanol–water partition coefficient (Wildman–Crippen LogP) is 1.16. The molecule has 0 aliphatic carbocycles. The third-order valence-corrected chi connectivity index (χ3v) is 3.15. The van der Waals surface area contributed by atoms with Crippen LogP contribution in [-0.2, 0) is 6.54 Å². The Labute approximate surface area is 111 Å². The molecule has 1 fully saturated rings. The molecule has 0 radical (unpaired) electrons. The molecular weight excluding hydrogens is 254 g/mol. The lowest BCUT2D eigenvalue weighted by Crippen LogP contribution is -2.34. The normalized spacial score (nSPS) is 14.9. The van der Waals surface area contributed by atoms with Crippen molar-refractivity contribution in [2.45, 2.75) is 6.54 Å². The van der Waals surface area contributed by atoms with E-state index in [-0.39, 0.29) is 11.8 Å². The number of nitrogens with one attached hydrogen (secondary N) is 2. The van der Waals surface area contributed by atoms with Crippen LogP contribution in [0.5, 0.6) is 5.75 Å². The van der Waals surface area contributed by atoms with E-state index in [1.165, 1.54) is 0 Å². The number of urea groups is 1. The van der Waals surface area contributed by atoms with Gasteiger partial charge in [0.05, 0.1) is 5.02 Å². The average Bonchev–Trinajstić information content (AvgIpc) is 2.75. The van der Waals surface area contributed by atoms with Crippen LogP contribution >= 0.6 is 11.6 Å². The van der Waals surface area contributed by atoms with Gasteiger partial charge in [0.25, 0.3) is 0 Å². The first-order valence-electron chi connectivity index (χ1n) is 5.88. The molecule has 1 aliphatic rings. The monoisotopic (exact) mass is 269 g/mol. The highest BCUT2D eigenvalue weighted by Gasteiger charge is 2.17. The Balaban J connectivity index is 1.71. The van der Waals surface area contributed by atoms with E-state index >= 15 is 0 Å². The molecule has 2 rings (SSSR count). The predicted molar refractivity (Wildman–Crippen MR) is 69.8 cm³/mol. The molecule has 0 aromatic heterocycles. The Kier molecular flexibility index (Phi) is 4.28. The molecule has 0 spiro atoms. The zero-order valence-electron chi connectivity index (χ0n) is 9.95. The van der Waals surface area contributed by atoms with Crippen LogP contribution in [0.2, 0.25) is 5.02 Å². The van der Waals surface area contributed by atoms with Crippen LogP contribution in [0, 0.1) is 0 Å². The van der Waals surface area contributed by atoms with Crippen molar-refractivity contribution in [1.82, 2.24) is 15.5 Å². The number of phenols is 1. The summed E-state index contributed by atoms with van der Waals surface area (Å²) in [7, 11) is 0. The van der Waals surface area contributed by atoms with E-state index < -0.39 is 0 Å². The summed E-state index contributed by atoms with van der Waals surface area (Å²) in [6.07, 6.45) is 0. The van der Waals surface area contributed by atoms with Gasteiger partial charge in [-0.15, -0.1) is 0 Å². The molecule has 1 aliphatic heterocycles. The second-order valence-electron chi connectivity index (χ2n) is 4.18. The fourth-order valence-corrected chi connectivity index (χ4v) is 2.03. The molecule has 1 aromatic carbocycles. The second kappa shape index (κ2) is 5.93. The van der Waals surface area contributed by atoms with Gasteiger partial charge in [0, 0.05) is 32.7 Å². The number of rotatable bonds is 5. The quantitative estimate of drug-likeness (QED) is 0.703. The summed E-state index contributed by atoms with van der Waals surface area (Å²) in [6.45, 7) is 3.58. The zero-order valence-corrected chi connectivity index (χ0v) is 10.7. The standard InChI is InChI=1S/C12H16ClN3O2/c13-10-7-9(1-2-11(10)17)8-14-3-5-16-6-4-15-12(16)18/h1-2,7,14,17H,3-6,8H2,(H,15,18). The van der Waals surface area contributed by atoms with E-state index in [0.29, 0.717) is 18.1 Å². The molecule has 1 heterocycles. The first-order valence-corrected chi connectivity index (χ1v) is 6.25. The van der Waals surface area contributed by atoms with Crippen LogP contribution in [0.4, 0.5) is 4.79 Å². The van der Waals surface area contributed by atoms with Gasteiger partial charge in [0.1, 0.15) is 5.75 Å². The van der Waals surface area contributed by atoms with E-state index in [4.69, 9.17) is 11.6 Å². The Morgan fingerprint density at radius 3 is 3.00 bits per heavy atom. The molecule has 5 nitrogen and oxygen atoms in total. The average molecular weight is 270 g/mol. The highest BCUT2D eigenvalue weighted by molar-refractivity contribution is 6.32. The van der Waals surface area contributed by atoms with Crippen molar-refractivity contribution in [3.8, 4) is 5.75 Å². The van der Waals surface area contributed by atoms with Gasteiger partial charge in [0.2, 0.25) is 0 Å². The fourth-order valence-electron chi connectivity index (χ4n) is 1.83. The molecule has 3 N–H and O–H groups in total. The lowest BCUT2D eigenvalue weighted by atomic mass is 10.2. The molecule has 18 heavy (non-hydrogen) atoms. The molecule has 0 atom stereocenters. The molecule has 6 heteroatoms. The molecule has 1 aromatic rings. The summed E-state index contributed by atoms with van der Waals surface area (Å²) >= 11 is 5.81. The minimum atomic E-state index is 0.00415. The van der Waals surface area contributed by atoms with Crippen molar-refractivity contribution in [1.29, 1.82) is 0 Å². The van der Waals surface area contributed by atoms with Gasteiger partial charge in [-0.25, -0.2) is 4.79 Å². The maximum atomic E-state index is 11.3. The van der Waals surface area contributed by atoms with Gasteiger partial charge in [-0.1, -0.05) is 17.7 Å². The van der Waals surface area contributed by atoms with Gasteiger partial charge >= 0.3 is 6.03 Å². The van der Waals surface area contributed by atoms with Crippen molar-refractivity contribution in [2.75, 3.05) is 26.2 Å². The van der Waals surface area contributed by atoms with Crippen LogP contribution in [-0.4, -0.2) is 42.2 Å². The topological polar surface area (TPSA) is 64.6 Å². The van der Waals surface area contributed by atoms with Crippen molar-refractivity contribution in [3.05, 3.63) is 28.8 Å². The highest BCUT2D eigenvalue weighted by atomic mass is 35.5. The number of nitrogens with zero attached hydrogens (tertiary/aromatic N) is 1. The fraction of sp³-hybridized carbons (Fsp3) is 0.417. The van der Waals surface area contributed by atoms with Gasteiger partial charge in [0.15, 0.2) is 0 Å². The van der Waals surface area contributed by atoms with Crippen molar-refractivity contribution >= 4 is 17.6 Å². The molecule has 2 amide bonds. The zero-order chi connectivity index (χ0) is 13.0. The van der Waals surface area contributed by atoms with Gasteiger partial charge < -0.3 is 20.6 Å². The SMILES string of the molecule is O=C1NCCN1CCNCc1ccc(O)c(Cl)c1. The summed E-state index contributed by atoms with van der Waals surface area (Å²) in [4.78, 5) is 13.0. The van der Waals surface area contributed by atoms with Crippen LogP contribution in [0.1, 0.15) is 5.56 Å². The maximum absolute atomic E-state index is 11.3. The molecule has 98 valence electrons. The van der Waals surface area contributed by atoms with E-state index in [9.17, 15) is 9.90 Å². The van der Waals surface area contributed by atoms with E-state index in [1.54, 1.807) is 17.0 Å². The molecular formula is C12H16ClN3O2. The maximum Gasteiger partial charge on any atom is 0.317 e. The number of halogens is 1. The third kappa shape index (κ3) is 3.27. The summed E-state index contributed by atoms with van der Waals surface area (Å²) in [5, 5.41) is 15.6. The molecule has 0 bridgehead atoms. The van der Waals surface area contributed by atoms with Crippen molar-refractivity contribution in [2.24, 2.45) is 0 Å². The number of phenolic OH excluding ortho intramolecular Hbond substituents is 1. The number of aromatic hydroxyl groups is 1. The Morgan fingerprint density at radius 1 is 1.50 bits per heavy atom. The van der Waals surface area contributed by atoms with E-state index in [1.807, 2.05) is 6.07 Å². The molecule has 0 saturated carbocycles. The van der Waals surface area contributed by atoms with Crippen LogP contribution < -0.4 is 10.6 Å². The minimum Gasteiger partial charge on any atom is -0.506 e. The number of carbonyl (C=O) groups is 1. The summed E-state index contributed by atoms with van der Waals surface area (Å²) in [5.74, 6) is 0.0918. The van der Waals surface area contributed by atoms with Crippen LogP contribution in [0.15, 0.2) is 18.2 Å². The smallest absolute Gasteiger partial charge is 0.317 e. The summed E-state index contributed by atoms with van der Waals surface area (Å²) < 4.78 is 0. The molecule has 1 saturated heterocycles. The highest BCUT2D eigenvalue weighted by Crippen LogP contribution is 2.23. The molecule has 0 unspecified atom stereocenters. The number of amides is 2. The van der Waals surface area contributed by atoms with Crippen molar-refractivity contribution < 1.29 is 9.90 Å². The third-order valence-electron chi connectivity index (χ3n) is 2.84. The first-order chi connectivity index (χ1) is 8.66. The lowest BCUT2D eigenvalue weighted by molar-refractivity contribution is 0.217. The minimum absolute atomic E-state index is 0.00415. The summed E-state index contributed by atoms with van der Waals surface area (Å²) in [6, 6.07) is 5.13. The van der Waals surface area contributed by atoms with Crippen molar-refractivity contribution in [3.63, 3.8) is 0 Å². The van der Waals surface area contributed by atoms with Gasteiger partial charge in [-0.2, -0.15) is 0 Å². The lowest BCUT2D eigenvalue weighted by Gasteiger charge is -2.14. The van der Waals surface area contributed by atoms with Crippen LogP contribution in [0.3, 0.4) is 0 Å². The Bertz CT molecular complexity index is 439. The second-order valence-corrected chi connectivity index (χ2v) is 4.59. The number of hydrogen-bond acceptors (Lipinski definition) is 3.